The molecule has 8 aromatic carbocycles. The van der Waals surface area contributed by atoms with Crippen LogP contribution in [0.1, 0.15) is 0 Å². The van der Waals surface area contributed by atoms with Crippen LogP contribution < -0.4 is 0 Å². The SMILES string of the molecule is c1ccc(-c2nc(-c3ccccc3)nc(-c3ccc4c(c3)oc3c(-n5c6ccccc6c6c7c8ccccc8n(-c8ccccc8)c7ccc65)cccc34)n2)cc1. The monoisotopic (exact) mass is 729 g/mol. The summed E-state index contributed by atoms with van der Waals surface area (Å²) in [4.78, 5) is 14.9. The fourth-order valence-electron chi connectivity index (χ4n) is 8.67. The van der Waals surface area contributed by atoms with Crippen molar-refractivity contribution in [3.63, 3.8) is 0 Å². The number of furan rings is 1. The van der Waals surface area contributed by atoms with Crippen molar-refractivity contribution in [3.05, 3.63) is 188 Å². The molecule has 0 atom stereocenters. The van der Waals surface area contributed by atoms with Crippen molar-refractivity contribution >= 4 is 65.6 Å². The van der Waals surface area contributed by atoms with Crippen LogP contribution in [0.3, 0.4) is 0 Å². The largest absolute Gasteiger partial charge is 0.454 e. The van der Waals surface area contributed by atoms with Gasteiger partial charge in [-0.3, -0.25) is 0 Å². The van der Waals surface area contributed by atoms with E-state index in [1.807, 2.05) is 60.7 Å². The lowest BCUT2D eigenvalue weighted by Gasteiger charge is -2.09. The second-order valence-corrected chi connectivity index (χ2v) is 14.4. The van der Waals surface area contributed by atoms with Crippen molar-refractivity contribution in [3.8, 4) is 45.5 Å². The third-order valence-corrected chi connectivity index (χ3v) is 11.2. The average Bonchev–Trinajstić information content (AvgIpc) is 3.94. The van der Waals surface area contributed by atoms with Gasteiger partial charge in [0.25, 0.3) is 0 Å². The number of aromatic nitrogens is 5. The standard InChI is InChI=1S/C51H31N5O/c1-4-15-32(16-5-1)49-52-50(33-17-6-2-7-18-33)54-51(53-49)34-27-28-36-37-23-14-26-44(48(37)57-45(36)31-34)56-41-25-13-11-22-39(41)47-43(56)30-29-42-46(47)38-21-10-12-24-40(38)55(42)35-19-8-3-9-20-35/h1-31H. The lowest BCUT2D eigenvalue weighted by molar-refractivity contribution is 0.666. The molecule has 0 spiro atoms. The minimum atomic E-state index is 0.589. The Morgan fingerprint density at radius 3 is 1.49 bits per heavy atom. The highest BCUT2D eigenvalue weighted by atomic mass is 16.3. The molecular formula is C51H31N5O. The molecule has 12 aromatic rings. The molecule has 0 saturated carbocycles. The van der Waals surface area contributed by atoms with Gasteiger partial charge in [-0.05, 0) is 54.6 Å². The molecule has 6 heteroatoms. The summed E-state index contributed by atoms with van der Waals surface area (Å²) in [7, 11) is 0. The molecule has 266 valence electrons. The van der Waals surface area contributed by atoms with Crippen molar-refractivity contribution in [2.75, 3.05) is 0 Å². The Balaban J connectivity index is 1.08. The van der Waals surface area contributed by atoms with Crippen LogP contribution in [0.25, 0.3) is 111 Å². The lowest BCUT2D eigenvalue weighted by Crippen LogP contribution is -2.00. The van der Waals surface area contributed by atoms with Crippen molar-refractivity contribution < 1.29 is 4.42 Å². The van der Waals surface area contributed by atoms with Crippen LogP contribution in [0.15, 0.2) is 192 Å². The Morgan fingerprint density at radius 1 is 0.351 bits per heavy atom. The molecule has 4 aromatic heterocycles. The van der Waals surface area contributed by atoms with Crippen molar-refractivity contribution in [2.24, 2.45) is 0 Å². The molecule has 6 nitrogen and oxygen atoms in total. The number of hydrogen-bond acceptors (Lipinski definition) is 4. The van der Waals surface area contributed by atoms with E-state index < -0.39 is 0 Å². The zero-order valence-corrected chi connectivity index (χ0v) is 30.5. The van der Waals surface area contributed by atoms with E-state index in [1.165, 1.54) is 32.6 Å². The Labute approximate surface area is 326 Å². The molecule has 12 rings (SSSR count). The number of fused-ring (bicyclic) bond motifs is 10. The fourth-order valence-corrected chi connectivity index (χ4v) is 8.67. The third kappa shape index (κ3) is 4.81. The van der Waals surface area contributed by atoms with Gasteiger partial charge in [-0.25, -0.2) is 15.0 Å². The zero-order valence-electron chi connectivity index (χ0n) is 30.5. The van der Waals surface area contributed by atoms with Crippen molar-refractivity contribution in [2.45, 2.75) is 0 Å². The minimum Gasteiger partial charge on any atom is -0.454 e. The molecule has 4 heterocycles. The summed E-state index contributed by atoms with van der Waals surface area (Å²) in [5.74, 6) is 1.84. The van der Waals surface area contributed by atoms with Crippen LogP contribution >= 0.6 is 0 Å². The van der Waals surface area contributed by atoms with Crippen molar-refractivity contribution in [1.82, 2.24) is 24.1 Å². The summed E-state index contributed by atoms with van der Waals surface area (Å²) in [6.45, 7) is 0. The molecule has 0 unspecified atom stereocenters. The summed E-state index contributed by atoms with van der Waals surface area (Å²) >= 11 is 0. The summed E-state index contributed by atoms with van der Waals surface area (Å²) < 4.78 is 11.7. The van der Waals surface area contributed by atoms with Gasteiger partial charge in [0.2, 0.25) is 0 Å². The maximum atomic E-state index is 6.92. The predicted octanol–water partition coefficient (Wildman–Crippen LogP) is 13.0. The summed E-state index contributed by atoms with van der Waals surface area (Å²) in [6.07, 6.45) is 0. The van der Waals surface area contributed by atoms with Crippen LogP contribution in [0.2, 0.25) is 0 Å². The van der Waals surface area contributed by atoms with Gasteiger partial charge < -0.3 is 13.6 Å². The topological polar surface area (TPSA) is 61.7 Å². The average molecular weight is 730 g/mol. The van der Waals surface area contributed by atoms with Crippen LogP contribution in [-0.2, 0) is 0 Å². The first-order chi connectivity index (χ1) is 28.3. The zero-order chi connectivity index (χ0) is 37.5. The molecule has 0 aliphatic rings. The van der Waals surface area contributed by atoms with E-state index in [9.17, 15) is 0 Å². The van der Waals surface area contributed by atoms with E-state index in [-0.39, 0.29) is 0 Å². The molecule has 0 radical (unpaired) electrons. The molecule has 0 N–H and O–H groups in total. The summed E-state index contributed by atoms with van der Waals surface area (Å²) in [6, 6.07) is 65.4. The molecule has 0 bridgehead atoms. The number of nitrogens with zero attached hydrogens (tertiary/aromatic N) is 5. The van der Waals surface area contributed by atoms with Gasteiger partial charge in [-0.15, -0.1) is 0 Å². The van der Waals surface area contributed by atoms with Crippen LogP contribution in [-0.4, -0.2) is 24.1 Å². The first kappa shape index (κ1) is 31.5. The van der Waals surface area contributed by atoms with Gasteiger partial charge in [0.05, 0.1) is 27.8 Å². The number of rotatable bonds is 5. The fraction of sp³-hybridized carbons (Fsp3) is 0. The maximum Gasteiger partial charge on any atom is 0.164 e. The smallest absolute Gasteiger partial charge is 0.164 e. The Hall–Kier alpha value is -7.83. The molecule has 0 aliphatic heterocycles. The van der Waals surface area contributed by atoms with E-state index in [4.69, 9.17) is 19.4 Å². The lowest BCUT2D eigenvalue weighted by atomic mass is 10.1. The van der Waals surface area contributed by atoms with Crippen LogP contribution in [0, 0.1) is 0 Å². The first-order valence-electron chi connectivity index (χ1n) is 19.1. The van der Waals surface area contributed by atoms with Gasteiger partial charge in [-0.2, -0.15) is 0 Å². The molecule has 0 fully saturated rings. The molecule has 0 amide bonds. The predicted molar refractivity (Wildman–Crippen MR) is 232 cm³/mol. The third-order valence-electron chi connectivity index (χ3n) is 11.2. The number of hydrogen-bond donors (Lipinski definition) is 0. The highest BCUT2D eigenvalue weighted by molar-refractivity contribution is 6.29. The second kappa shape index (κ2) is 12.3. The summed E-state index contributed by atoms with van der Waals surface area (Å²) in [5, 5.41) is 6.97. The second-order valence-electron chi connectivity index (χ2n) is 14.4. The molecule has 0 saturated heterocycles. The Kier molecular flexibility index (Phi) is 6.83. The van der Waals surface area contributed by atoms with Gasteiger partial charge in [-0.1, -0.05) is 133 Å². The maximum absolute atomic E-state index is 6.92. The Morgan fingerprint density at radius 2 is 0.860 bits per heavy atom. The highest BCUT2D eigenvalue weighted by Crippen LogP contribution is 2.44. The van der Waals surface area contributed by atoms with Gasteiger partial charge >= 0.3 is 0 Å². The minimum absolute atomic E-state index is 0.589. The first-order valence-corrected chi connectivity index (χ1v) is 19.1. The van der Waals surface area contributed by atoms with Crippen LogP contribution in [0.4, 0.5) is 0 Å². The van der Waals surface area contributed by atoms with E-state index in [2.05, 4.69) is 137 Å². The van der Waals surface area contributed by atoms with Gasteiger partial charge in [0.15, 0.2) is 23.1 Å². The van der Waals surface area contributed by atoms with E-state index in [0.29, 0.717) is 17.5 Å². The molecule has 0 aliphatic carbocycles. The quantitative estimate of drug-likeness (QED) is 0.177. The van der Waals surface area contributed by atoms with Gasteiger partial charge in [0.1, 0.15) is 5.58 Å². The molecule has 57 heavy (non-hydrogen) atoms. The highest BCUT2D eigenvalue weighted by Gasteiger charge is 2.23. The van der Waals surface area contributed by atoms with E-state index in [0.717, 1.165) is 61.0 Å². The van der Waals surface area contributed by atoms with E-state index in [1.54, 1.807) is 0 Å². The number of benzene rings is 8. The van der Waals surface area contributed by atoms with Crippen LogP contribution in [0.5, 0.6) is 0 Å². The van der Waals surface area contributed by atoms with Gasteiger partial charge in [0, 0.05) is 54.7 Å². The Bertz CT molecular complexity index is 3450. The molecular weight excluding hydrogens is 699 g/mol. The van der Waals surface area contributed by atoms with Crippen molar-refractivity contribution in [1.29, 1.82) is 0 Å². The normalized spacial score (nSPS) is 11.9. The summed E-state index contributed by atoms with van der Waals surface area (Å²) in [5.41, 5.74) is 11.0. The van der Waals surface area contributed by atoms with E-state index >= 15 is 0 Å². The number of para-hydroxylation sites is 4.